The van der Waals surface area contributed by atoms with Crippen LogP contribution in [0.4, 0.5) is 0 Å². The maximum Gasteiger partial charge on any atom is 0.132 e. The summed E-state index contributed by atoms with van der Waals surface area (Å²) >= 11 is 0. The zero-order valence-electron chi connectivity index (χ0n) is 13.2. The number of carbonyl (C=O) groups excluding carboxylic acids is 1. The second-order valence-electron chi connectivity index (χ2n) is 5.14. The van der Waals surface area contributed by atoms with Gasteiger partial charge in [-0.3, -0.25) is 4.79 Å². The highest BCUT2D eigenvalue weighted by molar-refractivity contribution is 5.78. The van der Waals surface area contributed by atoms with E-state index in [-0.39, 0.29) is 0 Å². The van der Waals surface area contributed by atoms with E-state index < -0.39 is 0 Å². The Bertz CT molecular complexity index is 361. The van der Waals surface area contributed by atoms with Gasteiger partial charge in [-0.25, -0.2) is 0 Å². The summed E-state index contributed by atoms with van der Waals surface area (Å²) in [6, 6.07) is 6.18. The van der Waals surface area contributed by atoms with Crippen LogP contribution in [0.2, 0.25) is 0 Å². The minimum atomic E-state index is 0.375. The molecule has 0 radical (unpaired) electrons. The van der Waals surface area contributed by atoms with E-state index in [1.165, 1.54) is 11.1 Å². The van der Waals surface area contributed by atoms with E-state index in [1.54, 1.807) is 0 Å². The Morgan fingerprint density at radius 3 is 2.00 bits per heavy atom. The second-order valence-corrected chi connectivity index (χ2v) is 5.14. The average Bonchev–Trinajstić information content (AvgIpc) is 2.34. The summed E-state index contributed by atoms with van der Waals surface area (Å²) in [6.45, 7) is 12.9. The van der Waals surface area contributed by atoms with E-state index in [0.717, 1.165) is 18.8 Å². The van der Waals surface area contributed by atoms with Crippen molar-refractivity contribution in [2.24, 2.45) is 5.92 Å². The zero-order chi connectivity index (χ0) is 14.8. The lowest BCUT2D eigenvalue weighted by Crippen LogP contribution is -1.99. The standard InChI is InChI=1S/C10H14O.C7H14O/c1-4-11-10-8(2)6-5-7-9(10)3;1-4-7(8)5-6(2)3/h5-7H,4H2,1-3H3;6H,4-5H2,1-3H3. The molecule has 0 unspecified atom stereocenters. The Hall–Kier alpha value is -1.31. The fourth-order valence-electron chi connectivity index (χ4n) is 1.77. The molecule has 2 nitrogen and oxygen atoms in total. The molecule has 0 aromatic heterocycles. The Balaban J connectivity index is 0.000000362. The summed E-state index contributed by atoms with van der Waals surface area (Å²) < 4.78 is 5.47. The molecule has 0 bridgehead atoms. The van der Waals surface area contributed by atoms with Gasteiger partial charge >= 0.3 is 0 Å². The van der Waals surface area contributed by atoms with Gasteiger partial charge in [-0.1, -0.05) is 39.0 Å². The van der Waals surface area contributed by atoms with Crippen LogP contribution >= 0.6 is 0 Å². The van der Waals surface area contributed by atoms with Gasteiger partial charge < -0.3 is 4.74 Å². The van der Waals surface area contributed by atoms with Crippen molar-refractivity contribution in [2.45, 2.75) is 54.4 Å². The fraction of sp³-hybridized carbons (Fsp3) is 0.588. The first-order chi connectivity index (χ1) is 8.92. The predicted octanol–water partition coefficient (Wildman–Crippen LogP) is 4.71. The number of rotatable bonds is 5. The van der Waals surface area contributed by atoms with Crippen LogP contribution in [0, 0.1) is 19.8 Å². The molecule has 0 aliphatic rings. The van der Waals surface area contributed by atoms with Crippen LogP contribution in [0.15, 0.2) is 18.2 Å². The highest BCUT2D eigenvalue weighted by Crippen LogP contribution is 2.21. The number of ketones is 1. The average molecular weight is 264 g/mol. The third-order valence-corrected chi connectivity index (χ3v) is 2.73. The van der Waals surface area contributed by atoms with Crippen LogP contribution in [0.1, 0.15) is 51.7 Å². The lowest BCUT2D eigenvalue weighted by atomic mass is 10.1. The molecule has 0 spiro atoms. The van der Waals surface area contributed by atoms with Gasteiger partial charge in [0.05, 0.1) is 6.61 Å². The predicted molar refractivity (Wildman–Crippen MR) is 81.8 cm³/mol. The van der Waals surface area contributed by atoms with Gasteiger partial charge in [0.15, 0.2) is 0 Å². The minimum Gasteiger partial charge on any atom is -0.493 e. The van der Waals surface area contributed by atoms with Crippen molar-refractivity contribution in [2.75, 3.05) is 6.61 Å². The number of ether oxygens (including phenoxy) is 1. The Kier molecular flexibility index (Phi) is 8.94. The third kappa shape index (κ3) is 7.66. The molecule has 1 aromatic carbocycles. The SMILES string of the molecule is CCC(=O)CC(C)C.CCOc1c(C)cccc1C. The van der Waals surface area contributed by atoms with Gasteiger partial charge in [-0.05, 0) is 37.8 Å². The first-order valence-electron chi connectivity index (χ1n) is 7.13. The van der Waals surface area contributed by atoms with Gasteiger partial charge in [-0.15, -0.1) is 0 Å². The molecule has 1 rings (SSSR count). The van der Waals surface area contributed by atoms with Gasteiger partial charge in [0.1, 0.15) is 11.5 Å². The van der Waals surface area contributed by atoms with E-state index in [9.17, 15) is 4.79 Å². The number of Topliss-reactive ketones (excluding diaryl/α,β-unsaturated/α-hetero) is 1. The summed E-state index contributed by atoms with van der Waals surface area (Å²) in [6.07, 6.45) is 1.44. The first kappa shape index (κ1) is 17.7. The largest absolute Gasteiger partial charge is 0.493 e. The molecule has 0 heterocycles. The molecule has 0 aliphatic heterocycles. The van der Waals surface area contributed by atoms with Crippen LogP contribution < -0.4 is 4.74 Å². The van der Waals surface area contributed by atoms with Crippen molar-refractivity contribution in [3.05, 3.63) is 29.3 Å². The molecule has 0 aliphatic carbocycles. The summed E-state index contributed by atoms with van der Waals surface area (Å²) in [4.78, 5) is 10.6. The van der Waals surface area contributed by atoms with Crippen molar-refractivity contribution in [3.63, 3.8) is 0 Å². The van der Waals surface area contributed by atoms with E-state index in [4.69, 9.17) is 4.74 Å². The zero-order valence-corrected chi connectivity index (χ0v) is 13.2. The molecule has 19 heavy (non-hydrogen) atoms. The summed E-state index contributed by atoms with van der Waals surface area (Å²) in [7, 11) is 0. The summed E-state index contributed by atoms with van der Waals surface area (Å²) in [5.41, 5.74) is 2.43. The summed E-state index contributed by atoms with van der Waals surface area (Å²) in [5.74, 6) is 1.94. The molecule has 0 N–H and O–H groups in total. The lowest BCUT2D eigenvalue weighted by molar-refractivity contribution is -0.119. The quantitative estimate of drug-likeness (QED) is 0.769. The Labute approximate surface area is 118 Å². The molecule has 1 aromatic rings. The third-order valence-electron chi connectivity index (χ3n) is 2.73. The van der Waals surface area contributed by atoms with Crippen LogP contribution in [0.25, 0.3) is 0 Å². The molecule has 0 atom stereocenters. The molecular formula is C17H28O2. The fourth-order valence-corrected chi connectivity index (χ4v) is 1.77. The van der Waals surface area contributed by atoms with Gasteiger partial charge in [-0.2, -0.15) is 0 Å². The number of carbonyl (C=O) groups is 1. The Morgan fingerprint density at radius 1 is 1.16 bits per heavy atom. The van der Waals surface area contributed by atoms with Crippen molar-refractivity contribution >= 4 is 5.78 Å². The topological polar surface area (TPSA) is 26.3 Å². The van der Waals surface area contributed by atoms with E-state index >= 15 is 0 Å². The van der Waals surface area contributed by atoms with E-state index in [1.807, 2.05) is 19.9 Å². The Morgan fingerprint density at radius 2 is 1.68 bits per heavy atom. The highest BCUT2D eigenvalue weighted by atomic mass is 16.5. The lowest BCUT2D eigenvalue weighted by Gasteiger charge is -2.08. The van der Waals surface area contributed by atoms with Crippen molar-refractivity contribution < 1.29 is 9.53 Å². The number of aryl methyl sites for hydroxylation is 2. The van der Waals surface area contributed by atoms with E-state index in [2.05, 4.69) is 39.8 Å². The van der Waals surface area contributed by atoms with Crippen molar-refractivity contribution in [3.8, 4) is 5.75 Å². The highest BCUT2D eigenvalue weighted by Gasteiger charge is 2.00. The molecular weight excluding hydrogens is 236 g/mol. The molecule has 0 saturated carbocycles. The normalized spacial score (nSPS) is 9.84. The number of hydrogen-bond acceptors (Lipinski definition) is 2. The monoisotopic (exact) mass is 264 g/mol. The first-order valence-corrected chi connectivity index (χ1v) is 7.13. The molecule has 2 heteroatoms. The van der Waals surface area contributed by atoms with Gasteiger partial charge in [0.25, 0.3) is 0 Å². The molecule has 0 saturated heterocycles. The minimum absolute atomic E-state index is 0.375. The van der Waals surface area contributed by atoms with Crippen LogP contribution in [-0.4, -0.2) is 12.4 Å². The maximum absolute atomic E-state index is 10.6. The number of para-hydroxylation sites is 1. The maximum atomic E-state index is 10.6. The van der Waals surface area contributed by atoms with Crippen LogP contribution in [-0.2, 0) is 4.79 Å². The van der Waals surface area contributed by atoms with Crippen LogP contribution in [0.5, 0.6) is 5.75 Å². The molecule has 108 valence electrons. The summed E-state index contributed by atoms with van der Waals surface area (Å²) in [5, 5.41) is 0. The molecule has 0 amide bonds. The second kappa shape index (κ2) is 9.60. The molecule has 0 fully saturated rings. The van der Waals surface area contributed by atoms with Crippen molar-refractivity contribution in [1.29, 1.82) is 0 Å². The smallest absolute Gasteiger partial charge is 0.132 e. The number of benzene rings is 1. The van der Waals surface area contributed by atoms with Gasteiger partial charge in [0.2, 0.25) is 0 Å². The number of hydrogen-bond donors (Lipinski definition) is 0. The van der Waals surface area contributed by atoms with Crippen molar-refractivity contribution in [1.82, 2.24) is 0 Å². The van der Waals surface area contributed by atoms with Gasteiger partial charge in [0, 0.05) is 12.8 Å². The van der Waals surface area contributed by atoms with E-state index in [0.29, 0.717) is 18.1 Å². The van der Waals surface area contributed by atoms with Crippen LogP contribution in [0.3, 0.4) is 0 Å².